The molecule has 0 bridgehead atoms. The standard InChI is InChI=1S/C15H32N2O/c1-5-7-13(2)16-10-14(3)17-9-6-8-15(11-17)12-18-4/h13-16H,5-12H2,1-4H3. The number of ether oxygens (including phenoxy) is 1. The van der Waals surface area contributed by atoms with Crippen LogP contribution < -0.4 is 5.32 Å². The first-order chi connectivity index (χ1) is 8.67. The van der Waals surface area contributed by atoms with E-state index < -0.39 is 0 Å². The SMILES string of the molecule is CCCC(C)NCC(C)N1CCCC(COC)C1. The Morgan fingerprint density at radius 3 is 2.83 bits per heavy atom. The number of nitrogens with zero attached hydrogens (tertiary/aromatic N) is 1. The number of hydrogen-bond acceptors (Lipinski definition) is 3. The van der Waals surface area contributed by atoms with Crippen LogP contribution in [-0.2, 0) is 4.74 Å². The summed E-state index contributed by atoms with van der Waals surface area (Å²) < 4.78 is 5.30. The van der Waals surface area contributed by atoms with E-state index >= 15 is 0 Å². The first-order valence-corrected chi connectivity index (χ1v) is 7.63. The molecule has 3 atom stereocenters. The largest absolute Gasteiger partial charge is 0.384 e. The third-order valence-corrected chi connectivity index (χ3v) is 4.06. The maximum absolute atomic E-state index is 5.30. The number of piperidine rings is 1. The quantitative estimate of drug-likeness (QED) is 0.722. The topological polar surface area (TPSA) is 24.5 Å². The maximum atomic E-state index is 5.30. The Morgan fingerprint density at radius 2 is 2.17 bits per heavy atom. The summed E-state index contributed by atoms with van der Waals surface area (Å²) in [5.41, 5.74) is 0. The molecule has 108 valence electrons. The van der Waals surface area contributed by atoms with Gasteiger partial charge in [-0.15, -0.1) is 0 Å². The van der Waals surface area contributed by atoms with Crippen LogP contribution in [0.1, 0.15) is 46.5 Å². The molecule has 0 amide bonds. The van der Waals surface area contributed by atoms with Crippen molar-refractivity contribution in [3.05, 3.63) is 0 Å². The van der Waals surface area contributed by atoms with Crippen molar-refractivity contribution in [2.75, 3.05) is 33.4 Å². The molecule has 1 aliphatic rings. The molecule has 1 saturated heterocycles. The van der Waals surface area contributed by atoms with E-state index in [2.05, 4.69) is 31.0 Å². The molecule has 0 aliphatic carbocycles. The summed E-state index contributed by atoms with van der Waals surface area (Å²) in [5.74, 6) is 0.735. The number of rotatable bonds is 8. The van der Waals surface area contributed by atoms with Crippen LogP contribution in [0.3, 0.4) is 0 Å². The average Bonchev–Trinajstić information content (AvgIpc) is 2.37. The molecule has 0 spiro atoms. The van der Waals surface area contributed by atoms with E-state index in [0.717, 1.165) is 19.1 Å². The second-order valence-corrected chi connectivity index (χ2v) is 5.91. The van der Waals surface area contributed by atoms with Crippen LogP contribution in [0.15, 0.2) is 0 Å². The lowest BCUT2D eigenvalue weighted by molar-refractivity contribution is 0.0714. The first kappa shape index (κ1) is 15.9. The first-order valence-electron chi connectivity index (χ1n) is 7.63. The van der Waals surface area contributed by atoms with Crippen molar-refractivity contribution >= 4 is 0 Å². The molecule has 0 aromatic carbocycles. The summed E-state index contributed by atoms with van der Waals surface area (Å²) in [6.45, 7) is 11.4. The average molecular weight is 256 g/mol. The minimum absolute atomic E-state index is 0.643. The zero-order valence-corrected chi connectivity index (χ0v) is 12.7. The van der Waals surface area contributed by atoms with Gasteiger partial charge < -0.3 is 10.1 Å². The summed E-state index contributed by atoms with van der Waals surface area (Å²) in [4.78, 5) is 2.62. The predicted octanol–water partition coefficient (Wildman–Crippen LogP) is 2.51. The molecule has 3 heteroatoms. The molecule has 0 aromatic rings. The molecular formula is C15H32N2O. The van der Waals surface area contributed by atoms with Gasteiger partial charge in [-0.1, -0.05) is 13.3 Å². The van der Waals surface area contributed by atoms with Crippen molar-refractivity contribution in [2.45, 2.75) is 58.5 Å². The number of nitrogens with one attached hydrogen (secondary N) is 1. The van der Waals surface area contributed by atoms with E-state index in [4.69, 9.17) is 4.74 Å². The molecule has 1 rings (SSSR count). The van der Waals surface area contributed by atoms with Gasteiger partial charge in [-0.25, -0.2) is 0 Å². The van der Waals surface area contributed by atoms with Crippen molar-refractivity contribution in [2.24, 2.45) is 5.92 Å². The maximum Gasteiger partial charge on any atom is 0.0502 e. The van der Waals surface area contributed by atoms with E-state index in [1.165, 1.54) is 38.8 Å². The Balaban J connectivity index is 2.25. The van der Waals surface area contributed by atoms with Crippen LogP contribution in [0.2, 0.25) is 0 Å². The second kappa shape index (κ2) is 8.89. The van der Waals surface area contributed by atoms with Crippen LogP contribution >= 0.6 is 0 Å². The Bertz CT molecular complexity index is 209. The van der Waals surface area contributed by atoms with Gasteiger partial charge >= 0.3 is 0 Å². The highest BCUT2D eigenvalue weighted by atomic mass is 16.5. The summed E-state index contributed by atoms with van der Waals surface area (Å²) in [7, 11) is 1.82. The third kappa shape index (κ3) is 5.68. The molecule has 18 heavy (non-hydrogen) atoms. The van der Waals surface area contributed by atoms with Gasteiger partial charge in [-0.05, 0) is 45.6 Å². The zero-order chi connectivity index (χ0) is 13.4. The van der Waals surface area contributed by atoms with Crippen molar-refractivity contribution < 1.29 is 4.74 Å². The molecule has 0 aromatic heterocycles. The summed E-state index contributed by atoms with van der Waals surface area (Å²) in [6.07, 6.45) is 5.20. The van der Waals surface area contributed by atoms with E-state index in [-0.39, 0.29) is 0 Å². The second-order valence-electron chi connectivity index (χ2n) is 5.91. The summed E-state index contributed by atoms with van der Waals surface area (Å²) >= 11 is 0. The molecule has 3 unspecified atom stereocenters. The highest BCUT2D eigenvalue weighted by Gasteiger charge is 2.23. The van der Waals surface area contributed by atoms with Gasteiger partial charge in [-0.3, -0.25) is 4.90 Å². The van der Waals surface area contributed by atoms with Gasteiger partial charge in [0.25, 0.3) is 0 Å². The third-order valence-electron chi connectivity index (χ3n) is 4.06. The van der Waals surface area contributed by atoms with Gasteiger partial charge in [0.05, 0.1) is 6.61 Å². The number of methoxy groups -OCH3 is 1. The number of hydrogen-bond donors (Lipinski definition) is 1. The van der Waals surface area contributed by atoms with Crippen molar-refractivity contribution in [1.29, 1.82) is 0 Å². The summed E-state index contributed by atoms with van der Waals surface area (Å²) in [6, 6.07) is 1.29. The monoisotopic (exact) mass is 256 g/mol. The lowest BCUT2D eigenvalue weighted by Crippen LogP contribution is -2.47. The van der Waals surface area contributed by atoms with E-state index in [9.17, 15) is 0 Å². The molecule has 1 fully saturated rings. The Kier molecular flexibility index (Phi) is 7.87. The van der Waals surface area contributed by atoms with E-state index in [1.807, 2.05) is 7.11 Å². The predicted molar refractivity (Wildman–Crippen MR) is 78.0 cm³/mol. The lowest BCUT2D eigenvalue weighted by Gasteiger charge is -2.37. The molecule has 0 saturated carbocycles. The lowest BCUT2D eigenvalue weighted by atomic mass is 9.97. The van der Waals surface area contributed by atoms with Crippen LogP contribution in [0, 0.1) is 5.92 Å². The molecule has 1 heterocycles. The van der Waals surface area contributed by atoms with Gasteiger partial charge in [0.1, 0.15) is 0 Å². The van der Waals surface area contributed by atoms with Crippen molar-refractivity contribution in [1.82, 2.24) is 10.2 Å². The highest BCUT2D eigenvalue weighted by Crippen LogP contribution is 2.18. The molecule has 3 nitrogen and oxygen atoms in total. The Morgan fingerprint density at radius 1 is 1.39 bits per heavy atom. The Hall–Kier alpha value is -0.120. The van der Waals surface area contributed by atoms with Gasteiger partial charge in [-0.2, -0.15) is 0 Å². The minimum atomic E-state index is 0.643. The van der Waals surface area contributed by atoms with Crippen LogP contribution in [0.4, 0.5) is 0 Å². The van der Waals surface area contributed by atoms with E-state index in [1.54, 1.807) is 0 Å². The smallest absolute Gasteiger partial charge is 0.0502 e. The fourth-order valence-corrected chi connectivity index (χ4v) is 2.91. The van der Waals surface area contributed by atoms with Gasteiger partial charge in [0.2, 0.25) is 0 Å². The number of likely N-dealkylation sites (tertiary alicyclic amines) is 1. The molecular weight excluding hydrogens is 224 g/mol. The Labute approximate surface area is 113 Å². The van der Waals surface area contributed by atoms with Gasteiger partial charge in [0, 0.05) is 32.3 Å². The molecule has 1 aliphatic heterocycles. The molecule has 1 N–H and O–H groups in total. The van der Waals surface area contributed by atoms with Crippen molar-refractivity contribution in [3.63, 3.8) is 0 Å². The molecule has 0 radical (unpaired) electrons. The highest BCUT2D eigenvalue weighted by molar-refractivity contribution is 4.78. The fourth-order valence-electron chi connectivity index (χ4n) is 2.91. The normalized spacial score (nSPS) is 25.0. The fraction of sp³-hybridized carbons (Fsp3) is 1.00. The van der Waals surface area contributed by atoms with Crippen molar-refractivity contribution in [3.8, 4) is 0 Å². The van der Waals surface area contributed by atoms with Gasteiger partial charge in [0.15, 0.2) is 0 Å². The zero-order valence-electron chi connectivity index (χ0n) is 12.7. The van der Waals surface area contributed by atoms with Crippen LogP contribution in [0.5, 0.6) is 0 Å². The van der Waals surface area contributed by atoms with Crippen LogP contribution in [-0.4, -0.2) is 50.3 Å². The minimum Gasteiger partial charge on any atom is -0.384 e. The summed E-state index contributed by atoms with van der Waals surface area (Å²) in [5, 5.41) is 3.65. The van der Waals surface area contributed by atoms with E-state index in [0.29, 0.717) is 12.1 Å². The van der Waals surface area contributed by atoms with Crippen LogP contribution in [0.25, 0.3) is 0 Å².